The van der Waals surface area contributed by atoms with Crippen molar-refractivity contribution >= 4 is 61.2 Å². The van der Waals surface area contributed by atoms with Crippen LogP contribution in [0, 0.1) is 10.1 Å². The van der Waals surface area contributed by atoms with Crippen molar-refractivity contribution in [3.63, 3.8) is 0 Å². The van der Waals surface area contributed by atoms with E-state index in [0.717, 1.165) is 22.9 Å². The first kappa shape index (κ1) is 26.5. The lowest BCUT2D eigenvalue weighted by molar-refractivity contribution is -0.380. The van der Waals surface area contributed by atoms with Gasteiger partial charge < -0.3 is 14.0 Å². The fourth-order valence-electron chi connectivity index (χ4n) is 4.15. The summed E-state index contributed by atoms with van der Waals surface area (Å²) in [6, 6.07) is 7.65. The summed E-state index contributed by atoms with van der Waals surface area (Å²) in [6.07, 6.45) is 7.47. The molecule has 0 fully saturated rings. The van der Waals surface area contributed by atoms with Crippen LogP contribution >= 0.6 is 34.5 Å². The van der Waals surface area contributed by atoms with Gasteiger partial charge in [-0.2, -0.15) is 8.42 Å². The van der Waals surface area contributed by atoms with Crippen LogP contribution in [0.5, 0.6) is 5.75 Å². The number of amidine groups is 1. The first-order chi connectivity index (χ1) is 17.3. The van der Waals surface area contributed by atoms with E-state index in [2.05, 4.69) is 4.99 Å². The molecule has 3 heterocycles. The van der Waals surface area contributed by atoms with E-state index in [1.165, 1.54) is 11.4 Å². The van der Waals surface area contributed by atoms with Crippen LogP contribution in [0.3, 0.4) is 0 Å². The molecule has 2 aliphatic rings. The Morgan fingerprint density at radius 2 is 1.92 bits per heavy atom. The smallest absolute Gasteiger partial charge is 0.328 e. The third-order valence-electron chi connectivity index (χ3n) is 5.78. The molecular formula is C23H24Cl2N4O5S2. The number of thiophene rings is 1. The third-order valence-corrected chi connectivity index (χ3v) is 8.57. The van der Waals surface area contributed by atoms with Gasteiger partial charge >= 0.3 is 15.1 Å². The van der Waals surface area contributed by atoms with Crippen molar-refractivity contribution in [1.82, 2.24) is 4.90 Å². The van der Waals surface area contributed by atoms with E-state index in [0.29, 0.717) is 31.4 Å². The second-order valence-electron chi connectivity index (χ2n) is 8.09. The minimum absolute atomic E-state index is 0.0406. The van der Waals surface area contributed by atoms with Gasteiger partial charge in [0.2, 0.25) is 0 Å². The van der Waals surface area contributed by atoms with Crippen molar-refractivity contribution in [3.8, 4) is 5.75 Å². The van der Waals surface area contributed by atoms with Gasteiger partial charge in [-0.3, -0.25) is 15.1 Å². The molecule has 2 aromatic rings. The lowest BCUT2D eigenvalue weighted by Gasteiger charge is -2.23. The highest BCUT2D eigenvalue weighted by molar-refractivity contribution is 7.87. The molecule has 0 aliphatic carbocycles. The predicted molar refractivity (Wildman–Crippen MR) is 144 cm³/mol. The number of hydrogen-bond acceptors (Lipinski definition) is 9. The zero-order chi connectivity index (χ0) is 25.7. The zero-order valence-corrected chi connectivity index (χ0v) is 22.2. The van der Waals surface area contributed by atoms with Crippen LogP contribution in [0.25, 0.3) is 0 Å². The molecule has 9 nitrogen and oxygen atoms in total. The molecule has 0 spiro atoms. The monoisotopic (exact) mass is 570 g/mol. The van der Waals surface area contributed by atoms with Crippen LogP contribution in [-0.2, 0) is 10.1 Å². The fourth-order valence-corrected chi connectivity index (χ4v) is 6.87. The van der Waals surface area contributed by atoms with Gasteiger partial charge in [0, 0.05) is 43.3 Å². The summed E-state index contributed by atoms with van der Waals surface area (Å²) in [5.74, 6) is 1.67. The zero-order valence-electron chi connectivity index (χ0n) is 19.1. The maximum Gasteiger partial charge on any atom is 0.328 e. The van der Waals surface area contributed by atoms with E-state index in [4.69, 9.17) is 27.4 Å². The van der Waals surface area contributed by atoms with Crippen LogP contribution in [0.15, 0.2) is 65.1 Å². The minimum Gasteiger partial charge on any atom is -0.382 e. The molecule has 192 valence electrons. The van der Waals surface area contributed by atoms with E-state index in [1.807, 2.05) is 34.2 Å². The molecule has 4 rings (SSSR count). The number of nitrogens with zero attached hydrogens (tertiary/aromatic N) is 4. The van der Waals surface area contributed by atoms with E-state index < -0.39 is 20.3 Å². The molecule has 0 radical (unpaired) electrons. The molecule has 1 aromatic heterocycles. The van der Waals surface area contributed by atoms with Crippen LogP contribution in [-0.4, -0.2) is 61.5 Å². The van der Waals surface area contributed by atoms with E-state index >= 15 is 0 Å². The lowest BCUT2D eigenvalue weighted by atomic mass is 10.1. The van der Waals surface area contributed by atoms with E-state index in [-0.39, 0.29) is 28.8 Å². The van der Waals surface area contributed by atoms with Gasteiger partial charge in [-0.1, -0.05) is 17.4 Å². The molecule has 1 aromatic carbocycles. The van der Waals surface area contributed by atoms with Crippen LogP contribution in [0.2, 0.25) is 0 Å². The molecule has 0 saturated carbocycles. The number of fused-ring (bicyclic) bond motifs is 1. The molecule has 2 atom stereocenters. The van der Waals surface area contributed by atoms with Gasteiger partial charge in [-0.25, -0.2) is 0 Å². The Hall–Kier alpha value is -2.60. The van der Waals surface area contributed by atoms with E-state index in [9.17, 15) is 18.5 Å². The number of benzene rings is 1. The van der Waals surface area contributed by atoms with Gasteiger partial charge in [0.15, 0.2) is 0 Å². The summed E-state index contributed by atoms with van der Waals surface area (Å²) >= 11 is 12.6. The van der Waals surface area contributed by atoms with Crippen LogP contribution in [0.4, 0.5) is 10.7 Å². The molecule has 2 aliphatic heterocycles. The topological polar surface area (TPSA) is 105 Å². The molecule has 2 unspecified atom stereocenters. The summed E-state index contributed by atoms with van der Waals surface area (Å²) in [7, 11) is -4.31. The van der Waals surface area contributed by atoms with Crippen molar-refractivity contribution in [2.45, 2.75) is 17.7 Å². The van der Waals surface area contributed by atoms with Gasteiger partial charge in [0.25, 0.3) is 0 Å². The summed E-state index contributed by atoms with van der Waals surface area (Å²) in [4.78, 5) is 19.6. The Morgan fingerprint density at radius 3 is 2.56 bits per heavy atom. The molecular weight excluding hydrogens is 547 g/mol. The predicted octanol–water partition coefficient (Wildman–Crippen LogP) is 4.95. The van der Waals surface area contributed by atoms with Crippen molar-refractivity contribution in [3.05, 3.63) is 75.8 Å². The third kappa shape index (κ3) is 6.03. The molecule has 36 heavy (non-hydrogen) atoms. The first-order valence-corrected chi connectivity index (χ1v) is 14.6. The number of nitro groups is 1. The Kier molecular flexibility index (Phi) is 8.55. The van der Waals surface area contributed by atoms with Crippen molar-refractivity contribution in [2.24, 2.45) is 4.99 Å². The Labute approximate surface area is 223 Å². The van der Waals surface area contributed by atoms with Crippen molar-refractivity contribution in [1.29, 1.82) is 0 Å². The number of halogens is 2. The van der Waals surface area contributed by atoms with Gasteiger partial charge in [-0.05, 0) is 54.3 Å². The second-order valence-corrected chi connectivity index (χ2v) is 11.5. The largest absolute Gasteiger partial charge is 0.382 e. The summed E-state index contributed by atoms with van der Waals surface area (Å²) in [6.45, 7) is 1.65. The maximum atomic E-state index is 13.5. The van der Waals surface area contributed by atoms with Crippen LogP contribution < -0.4 is 9.08 Å². The average Bonchev–Trinajstić information content (AvgIpc) is 3.49. The second kappa shape index (κ2) is 11.6. The number of allylic oxidation sites excluding steroid dienone is 2. The lowest BCUT2D eigenvalue weighted by Crippen LogP contribution is -2.28. The molecule has 0 bridgehead atoms. The Balaban J connectivity index is 1.59. The standard InChI is InChI=1S/C23H24Cl2N4O5S2/c24-9-12-27(13-10-25)18-4-6-19(7-5-18)34-36(32,33)21(20-8-14-35-23(20)29(30)31)15-17-16-28-11-2-1-3-22(28)26-17/h1-8,11,14,17,21H,9-10,12-13,15-16H2. The normalized spacial score (nSPS) is 17.6. The highest BCUT2D eigenvalue weighted by Gasteiger charge is 2.39. The van der Waals surface area contributed by atoms with Crippen LogP contribution in [0.1, 0.15) is 17.2 Å². The molecule has 0 saturated heterocycles. The number of anilines is 1. The van der Waals surface area contributed by atoms with Gasteiger partial charge in [0.1, 0.15) is 16.8 Å². The van der Waals surface area contributed by atoms with Gasteiger partial charge in [0.05, 0.1) is 16.5 Å². The minimum atomic E-state index is -4.31. The maximum absolute atomic E-state index is 13.5. The molecule has 0 amide bonds. The summed E-state index contributed by atoms with van der Waals surface area (Å²) in [5.41, 5.74) is 0.929. The summed E-state index contributed by atoms with van der Waals surface area (Å²) in [5, 5.41) is 11.7. The SMILES string of the molecule is O=[N+]([O-])c1sccc1C(CC1CN2C=CC=CC2=N1)S(=O)(=O)Oc1ccc(N(CCCl)CCCl)cc1. The number of rotatable bonds is 12. The Bertz CT molecular complexity index is 1270. The quantitative estimate of drug-likeness (QED) is 0.154. The fraction of sp³-hybridized carbons (Fsp3) is 0.348. The first-order valence-electron chi connectivity index (χ1n) is 11.1. The molecule has 0 N–H and O–H groups in total. The highest BCUT2D eigenvalue weighted by Crippen LogP contribution is 2.40. The number of alkyl halides is 2. The highest BCUT2D eigenvalue weighted by atomic mass is 35.5. The molecule has 13 heteroatoms. The van der Waals surface area contributed by atoms with Crippen molar-refractivity contribution in [2.75, 3.05) is 36.3 Å². The van der Waals surface area contributed by atoms with Gasteiger partial charge in [-0.15, -0.1) is 23.2 Å². The average molecular weight is 572 g/mol. The Morgan fingerprint density at radius 1 is 1.19 bits per heavy atom. The number of aliphatic imine (C=N–C) groups is 1. The van der Waals surface area contributed by atoms with E-state index in [1.54, 1.807) is 24.3 Å². The number of hydrogen-bond donors (Lipinski definition) is 0. The summed E-state index contributed by atoms with van der Waals surface area (Å²) < 4.78 is 32.5. The van der Waals surface area contributed by atoms with Crippen molar-refractivity contribution < 1.29 is 17.5 Å².